The number of halogens is 1. The topological polar surface area (TPSA) is 59.6 Å². The van der Waals surface area contributed by atoms with Crippen molar-refractivity contribution >= 4 is 17.6 Å². The Bertz CT molecular complexity index is 355. The predicted octanol–water partition coefficient (Wildman–Crippen LogP) is 1.39. The van der Waals surface area contributed by atoms with E-state index < -0.39 is 0 Å². The summed E-state index contributed by atoms with van der Waals surface area (Å²) in [6.07, 6.45) is 0. The van der Waals surface area contributed by atoms with Crippen molar-refractivity contribution in [1.82, 2.24) is 5.32 Å². The van der Waals surface area contributed by atoms with Crippen LogP contribution in [0.25, 0.3) is 0 Å². The third kappa shape index (κ3) is 4.51. The Morgan fingerprint density at radius 1 is 1.50 bits per heavy atom. The Morgan fingerprint density at radius 3 is 2.94 bits per heavy atom. The Balaban J connectivity index is 2.43. The second-order valence-corrected chi connectivity index (χ2v) is 3.62. The lowest BCUT2D eigenvalue weighted by molar-refractivity contribution is 0.204. The minimum atomic E-state index is 0.400. The number of nitrogens with one attached hydrogen (secondary N) is 1. The number of ether oxygens (including phenoxy) is 1. The van der Waals surface area contributed by atoms with Gasteiger partial charge in [0.25, 0.3) is 0 Å². The second-order valence-electron chi connectivity index (χ2n) is 3.21. The summed E-state index contributed by atoms with van der Waals surface area (Å²) in [6, 6.07) is 7.57. The first-order valence-electron chi connectivity index (χ1n) is 5.00. The Hall–Kier alpha value is -1.26. The van der Waals surface area contributed by atoms with Crippen molar-refractivity contribution in [2.75, 3.05) is 20.3 Å². The van der Waals surface area contributed by atoms with Crippen LogP contribution in [0.4, 0.5) is 0 Å². The molecule has 0 spiro atoms. The third-order valence-corrected chi connectivity index (χ3v) is 2.36. The molecule has 0 unspecified atom stereocenters. The summed E-state index contributed by atoms with van der Waals surface area (Å²) < 4.78 is 4.88. The Labute approximate surface area is 100 Å². The lowest BCUT2D eigenvalue weighted by Crippen LogP contribution is -2.34. The number of rotatable bonds is 5. The molecule has 1 aromatic carbocycles. The fourth-order valence-electron chi connectivity index (χ4n) is 1.13. The first-order valence-corrected chi connectivity index (χ1v) is 5.38. The quantitative estimate of drug-likeness (QED) is 0.465. The molecule has 0 radical (unpaired) electrons. The van der Waals surface area contributed by atoms with Gasteiger partial charge in [-0.2, -0.15) is 0 Å². The number of methoxy groups -OCH3 is 1. The summed E-state index contributed by atoms with van der Waals surface area (Å²) >= 11 is 5.98. The number of hydrogen-bond acceptors (Lipinski definition) is 2. The lowest BCUT2D eigenvalue weighted by Gasteiger charge is -2.05. The van der Waals surface area contributed by atoms with Gasteiger partial charge in [0.1, 0.15) is 0 Å². The zero-order valence-electron chi connectivity index (χ0n) is 9.24. The highest BCUT2D eigenvalue weighted by atomic mass is 35.5. The molecule has 0 aromatic heterocycles. The summed E-state index contributed by atoms with van der Waals surface area (Å²) in [4.78, 5) is 4.17. The molecule has 1 aromatic rings. The maximum atomic E-state index is 5.98. The van der Waals surface area contributed by atoms with Crippen LogP contribution >= 0.6 is 11.6 Å². The molecule has 0 saturated heterocycles. The smallest absolute Gasteiger partial charge is 0.188 e. The molecule has 88 valence electrons. The molecule has 0 aliphatic rings. The monoisotopic (exact) mass is 241 g/mol. The molecular weight excluding hydrogens is 226 g/mol. The van der Waals surface area contributed by atoms with Crippen molar-refractivity contribution in [2.45, 2.75) is 6.54 Å². The molecule has 1 rings (SSSR count). The molecule has 0 heterocycles. The van der Waals surface area contributed by atoms with Gasteiger partial charge in [0.2, 0.25) is 0 Å². The molecule has 0 bridgehead atoms. The average Bonchev–Trinajstić information content (AvgIpc) is 2.28. The van der Waals surface area contributed by atoms with Crippen LogP contribution in [-0.4, -0.2) is 26.2 Å². The molecule has 0 saturated carbocycles. The second kappa shape index (κ2) is 7.09. The van der Waals surface area contributed by atoms with Crippen LogP contribution in [0.1, 0.15) is 5.56 Å². The molecule has 0 aliphatic carbocycles. The van der Waals surface area contributed by atoms with E-state index in [1.807, 2.05) is 24.3 Å². The zero-order chi connectivity index (χ0) is 11.8. The van der Waals surface area contributed by atoms with Crippen LogP contribution in [0.15, 0.2) is 29.3 Å². The van der Waals surface area contributed by atoms with Crippen LogP contribution in [0, 0.1) is 0 Å². The van der Waals surface area contributed by atoms with Crippen LogP contribution in [0.2, 0.25) is 5.02 Å². The SMILES string of the molecule is COCCNC(N)=NCc1ccccc1Cl. The van der Waals surface area contributed by atoms with Gasteiger partial charge in [-0.15, -0.1) is 0 Å². The standard InChI is InChI=1S/C11H16ClN3O/c1-16-7-6-14-11(13)15-8-9-4-2-3-5-10(9)12/h2-5H,6-8H2,1H3,(H3,13,14,15). The maximum absolute atomic E-state index is 5.98. The number of aliphatic imine (C=N–C) groups is 1. The molecular formula is C11H16ClN3O. The van der Waals surface area contributed by atoms with E-state index in [4.69, 9.17) is 22.1 Å². The summed E-state index contributed by atoms with van der Waals surface area (Å²) in [5.74, 6) is 0.400. The van der Waals surface area contributed by atoms with Crippen molar-refractivity contribution in [3.63, 3.8) is 0 Å². The van der Waals surface area contributed by atoms with E-state index in [0.717, 1.165) is 5.56 Å². The molecule has 3 N–H and O–H groups in total. The fourth-order valence-corrected chi connectivity index (χ4v) is 1.33. The van der Waals surface area contributed by atoms with Crippen molar-refractivity contribution in [2.24, 2.45) is 10.7 Å². The predicted molar refractivity (Wildman–Crippen MR) is 66.7 cm³/mol. The average molecular weight is 242 g/mol. The Morgan fingerprint density at radius 2 is 2.25 bits per heavy atom. The lowest BCUT2D eigenvalue weighted by atomic mass is 10.2. The largest absolute Gasteiger partial charge is 0.383 e. The number of nitrogens with two attached hydrogens (primary N) is 1. The molecule has 0 atom stereocenters. The van der Waals surface area contributed by atoms with Gasteiger partial charge in [-0.25, -0.2) is 4.99 Å². The van der Waals surface area contributed by atoms with E-state index in [2.05, 4.69) is 10.3 Å². The minimum Gasteiger partial charge on any atom is -0.383 e. The maximum Gasteiger partial charge on any atom is 0.188 e. The van der Waals surface area contributed by atoms with E-state index in [1.54, 1.807) is 7.11 Å². The van der Waals surface area contributed by atoms with E-state index in [1.165, 1.54) is 0 Å². The highest BCUT2D eigenvalue weighted by Gasteiger charge is 1.97. The minimum absolute atomic E-state index is 0.400. The number of hydrogen-bond donors (Lipinski definition) is 2. The summed E-state index contributed by atoms with van der Waals surface area (Å²) in [5.41, 5.74) is 6.61. The molecule has 4 nitrogen and oxygen atoms in total. The van der Waals surface area contributed by atoms with Gasteiger partial charge in [0.05, 0.1) is 13.2 Å². The number of benzene rings is 1. The van der Waals surface area contributed by atoms with Gasteiger partial charge in [0, 0.05) is 18.7 Å². The van der Waals surface area contributed by atoms with E-state index in [-0.39, 0.29) is 0 Å². The first kappa shape index (κ1) is 12.8. The van der Waals surface area contributed by atoms with Gasteiger partial charge in [-0.1, -0.05) is 29.8 Å². The summed E-state index contributed by atoms with van der Waals surface area (Å²) in [5, 5.41) is 3.64. The molecule has 5 heteroatoms. The number of guanidine groups is 1. The van der Waals surface area contributed by atoms with Crippen molar-refractivity contribution in [1.29, 1.82) is 0 Å². The molecule has 0 aliphatic heterocycles. The normalized spacial score (nSPS) is 11.5. The number of nitrogens with zero attached hydrogens (tertiary/aromatic N) is 1. The van der Waals surface area contributed by atoms with Crippen molar-refractivity contribution < 1.29 is 4.74 Å². The van der Waals surface area contributed by atoms with Gasteiger partial charge in [0.15, 0.2) is 5.96 Å². The third-order valence-electron chi connectivity index (χ3n) is 1.99. The van der Waals surface area contributed by atoms with Crippen molar-refractivity contribution in [3.8, 4) is 0 Å². The van der Waals surface area contributed by atoms with Gasteiger partial charge in [-0.3, -0.25) is 0 Å². The van der Waals surface area contributed by atoms with E-state index in [9.17, 15) is 0 Å². The molecule has 0 amide bonds. The van der Waals surface area contributed by atoms with Gasteiger partial charge >= 0.3 is 0 Å². The van der Waals surface area contributed by atoms with Crippen LogP contribution in [-0.2, 0) is 11.3 Å². The fraction of sp³-hybridized carbons (Fsp3) is 0.364. The van der Waals surface area contributed by atoms with Gasteiger partial charge < -0.3 is 15.8 Å². The summed E-state index contributed by atoms with van der Waals surface area (Å²) in [6.45, 7) is 1.72. The highest BCUT2D eigenvalue weighted by molar-refractivity contribution is 6.31. The van der Waals surface area contributed by atoms with Gasteiger partial charge in [-0.05, 0) is 11.6 Å². The Kier molecular flexibility index (Phi) is 5.67. The van der Waals surface area contributed by atoms with E-state index >= 15 is 0 Å². The molecule has 16 heavy (non-hydrogen) atoms. The van der Waals surface area contributed by atoms with Crippen molar-refractivity contribution in [3.05, 3.63) is 34.9 Å². The highest BCUT2D eigenvalue weighted by Crippen LogP contribution is 2.15. The zero-order valence-corrected chi connectivity index (χ0v) is 10.00. The van der Waals surface area contributed by atoms with E-state index in [0.29, 0.717) is 30.7 Å². The summed E-state index contributed by atoms with van der Waals surface area (Å²) in [7, 11) is 1.64. The van der Waals surface area contributed by atoms with Crippen LogP contribution < -0.4 is 11.1 Å². The van der Waals surface area contributed by atoms with Crippen LogP contribution in [0.5, 0.6) is 0 Å². The molecule has 0 fully saturated rings. The van der Waals surface area contributed by atoms with Crippen LogP contribution in [0.3, 0.4) is 0 Å². The first-order chi connectivity index (χ1) is 7.74.